The summed E-state index contributed by atoms with van der Waals surface area (Å²) in [6.07, 6.45) is 5.35. The average Bonchev–Trinajstić information content (AvgIpc) is 2.72. The number of carboxylic acids is 1. The summed E-state index contributed by atoms with van der Waals surface area (Å²) in [5.41, 5.74) is 0.764. The number of hydrogen-bond donors (Lipinski definition) is 4. The molecule has 0 saturated carbocycles. The van der Waals surface area contributed by atoms with Gasteiger partial charge in [-0.2, -0.15) is 0 Å². The van der Waals surface area contributed by atoms with Crippen molar-refractivity contribution in [2.75, 3.05) is 26.7 Å². The first-order chi connectivity index (χ1) is 13.9. The van der Waals surface area contributed by atoms with Gasteiger partial charge in [-0.3, -0.25) is 24.2 Å². The maximum absolute atomic E-state index is 12.0. The van der Waals surface area contributed by atoms with Crippen molar-refractivity contribution in [1.82, 2.24) is 16.0 Å². The lowest BCUT2D eigenvalue weighted by Gasteiger charge is -2.16. The largest absolute Gasteiger partial charge is 0.481 e. The van der Waals surface area contributed by atoms with E-state index in [9.17, 15) is 24.0 Å². The third-order valence-electron chi connectivity index (χ3n) is 4.47. The van der Waals surface area contributed by atoms with Gasteiger partial charge in [-0.15, -0.1) is 0 Å². The monoisotopic (exact) mass is 408 g/mol. The number of carbonyl (C=O) groups excluding carboxylic acids is 4. The van der Waals surface area contributed by atoms with E-state index >= 15 is 0 Å². The minimum absolute atomic E-state index is 0.0686. The normalized spacial score (nSPS) is 18.0. The Bertz CT molecular complexity index is 674. The third-order valence-corrected chi connectivity index (χ3v) is 4.47. The van der Waals surface area contributed by atoms with Crippen LogP contribution in [0.2, 0.25) is 0 Å². The maximum Gasteiger partial charge on any atom is 0.310 e. The van der Waals surface area contributed by atoms with Gasteiger partial charge in [0.25, 0.3) is 0 Å². The molecule has 10 heteroatoms. The van der Waals surface area contributed by atoms with Crippen LogP contribution < -0.4 is 16.0 Å². The van der Waals surface area contributed by atoms with Crippen molar-refractivity contribution in [1.29, 1.82) is 0 Å². The molecule has 2 unspecified atom stereocenters. The van der Waals surface area contributed by atoms with Gasteiger partial charge in [-0.25, -0.2) is 0 Å². The molecular formula is C19H28N4O6. The first kappa shape index (κ1) is 24.0. The van der Waals surface area contributed by atoms with Crippen molar-refractivity contribution in [2.45, 2.75) is 32.1 Å². The number of aliphatic carboxylic acids is 1. The molecule has 0 radical (unpaired) electrons. The molecule has 0 aliphatic heterocycles. The lowest BCUT2D eigenvalue weighted by atomic mass is 9.95. The van der Waals surface area contributed by atoms with E-state index in [1.54, 1.807) is 12.2 Å². The number of nitrogens with zero attached hydrogens (tertiary/aromatic N) is 1. The van der Waals surface area contributed by atoms with E-state index in [0.29, 0.717) is 19.1 Å². The summed E-state index contributed by atoms with van der Waals surface area (Å²) < 4.78 is 0. The molecule has 2 atom stereocenters. The molecule has 0 aromatic carbocycles. The molecule has 10 nitrogen and oxygen atoms in total. The van der Waals surface area contributed by atoms with Gasteiger partial charge in [0.15, 0.2) is 0 Å². The van der Waals surface area contributed by atoms with Crippen LogP contribution in [0.25, 0.3) is 0 Å². The zero-order chi connectivity index (χ0) is 21.6. The van der Waals surface area contributed by atoms with Crippen LogP contribution in [-0.2, 0) is 24.0 Å². The molecule has 1 rings (SSSR count). The Labute approximate surface area is 169 Å². The highest BCUT2D eigenvalue weighted by atomic mass is 16.4. The Kier molecular flexibility index (Phi) is 10.9. The number of aliphatic imine (C=N–C) groups is 1. The standard InChI is InChI=1S/C19H28N4O6/c1-20-18(27)14(4-7-16(25)22-10-11-24)12-23-17(26)8-9-21-15-5-2-13(3-6-15)19(28)29/h2,5,11,13-14H,3-4,6-10,12H2,1H3,(H,20,27)(H,22,25)(H,23,26)(H,28,29). The molecule has 3 amide bonds. The molecule has 160 valence electrons. The van der Waals surface area contributed by atoms with Crippen molar-refractivity contribution in [3.8, 4) is 0 Å². The van der Waals surface area contributed by atoms with E-state index in [0.717, 1.165) is 5.71 Å². The molecule has 0 saturated heterocycles. The van der Waals surface area contributed by atoms with Crippen LogP contribution in [0.4, 0.5) is 0 Å². The van der Waals surface area contributed by atoms with Crippen molar-refractivity contribution in [3.63, 3.8) is 0 Å². The highest BCUT2D eigenvalue weighted by Crippen LogP contribution is 2.16. The number of carboxylic acid groups (broad SMARTS) is 1. The number of rotatable bonds is 12. The number of allylic oxidation sites excluding steroid dienone is 1. The van der Waals surface area contributed by atoms with Gasteiger partial charge in [-0.1, -0.05) is 6.08 Å². The lowest BCUT2D eigenvalue weighted by molar-refractivity contribution is -0.140. The zero-order valence-electron chi connectivity index (χ0n) is 16.5. The quantitative estimate of drug-likeness (QED) is 0.318. The van der Waals surface area contributed by atoms with Gasteiger partial charge in [0, 0.05) is 38.7 Å². The van der Waals surface area contributed by atoms with E-state index in [4.69, 9.17) is 5.11 Å². The second kappa shape index (κ2) is 13.2. The van der Waals surface area contributed by atoms with Crippen LogP contribution in [0, 0.1) is 11.8 Å². The molecule has 4 N–H and O–H groups in total. The van der Waals surface area contributed by atoms with E-state index < -0.39 is 17.8 Å². The molecule has 1 aliphatic rings. The van der Waals surface area contributed by atoms with Crippen LogP contribution in [0.5, 0.6) is 0 Å². The lowest BCUT2D eigenvalue weighted by Crippen LogP contribution is -2.38. The predicted molar refractivity (Wildman–Crippen MR) is 105 cm³/mol. The Morgan fingerprint density at radius 2 is 1.97 bits per heavy atom. The van der Waals surface area contributed by atoms with Gasteiger partial charge in [0.1, 0.15) is 6.29 Å². The van der Waals surface area contributed by atoms with Gasteiger partial charge < -0.3 is 25.9 Å². The third kappa shape index (κ3) is 9.63. The van der Waals surface area contributed by atoms with Crippen LogP contribution in [-0.4, -0.2) is 67.5 Å². The molecule has 0 aromatic rings. The molecule has 0 fully saturated rings. The van der Waals surface area contributed by atoms with E-state index in [-0.39, 0.29) is 56.6 Å². The Hall–Kier alpha value is -3.04. The fourth-order valence-electron chi connectivity index (χ4n) is 2.75. The van der Waals surface area contributed by atoms with Crippen molar-refractivity contribution in [3.05, 3.63) is 12.2 Å². The van der Waals surface area contributed by atoms with Crippen LogP contribution in [0.3, 0.4) is 0 Å². The first-order valence-electron chi connectivity index (χ1n) is 9.50. The van der Waals surface area contributed by atoms with Gasteiger partial charge in [-0.05, 0) is 25.3 Å². The molecule has 0 spiro atoms. The minimum Gasteiger partial charge on any atom is -0.481 e. The second-order valence-corrected chi connectivity index (χ2v) is 6.59. The summed E-state index contributed by atoms with van der Waals surface area (Å²) in [7, 11) is 1.48. The summed E-state index contributed by atoms with van der Waals surface area (Å²) in [5.74, 6) is -2.79. The second-order valence-electron chi connectivity index (χ2n) is 6.59. The zero-order valence-corrected chi connectivity index (χ0v) is 16.5. The Morgan fingerprint density at radius 3 is 2.55 bits per heavy atom. The van der Waals surface area contributed by atoms with Crippen molar-refractivity contribution < 1.29 is 29.1 Å². The van der Waals surface area contributed by atoms with E-state index in [1.165, 1.54) is 7.05 Å². The molecular weight excluding hydrogens is 380 g/mol. The Balaban J connectivity index is 2.39. The highest BCUT2D eigenvalue weighted by molar-refractivity contribution is 5.97. The fourth-order valence-corrected chi connectivity index (χ4v) is 2.75. The molecule has 0 bridgehead atoms. The minimum atomic E-state index is -0.855. The topological polar surface area (TPSA) is 154 Å². The van der Waals surface area contributed by atoms with E-state index in [2.05, 4.69) is 20.9 Å². The number of hydrogen-bond acceptors (Lipinski definition) is 6. The molecule has 0 aromatic heterocycles. The summed E-state index contributed by atoms with van der Waals surface area (Å²) in [4.78, 5) is 60.9. The molecule has 29 heavy (non-hydrogen) atoms. The first-order valence-corrected chi connectivity index (χ1v) is 9.50. The molecule has 1 aliphatic carbocycles. The number of amides is 3. The van der Waals surface area contributed by atoms with Gasteiger partial charge in [0.05, 0.1) is 18.4 Å². The van der Waals surface area contributed by atoms with Crippen LogP contribution in [0.1, 0.15) is 32.1 Å². The smallest absolute Gasteiger partial charge is 0.310 e. The maximum atomic E-state index is 12.0. The van der Waals surface area contributed by atoms with Crippen molar-refractivity contribution in [2.24, 2.45) is 16.8 Å². The van der Waals surface area contributed by atoms with Crippen LogP contribution in [0.15, 0.2) is 17.1 Å². The summed E-state index contributed by atoms with van der Waals surface area (Å²) in [6, 6.07) is 0. The number of aldehydes is 1. The summed E-state index contributed by atoms with van der Waals surface area (Å²) in [6.45, 7) is 0.285. The molecule has 0 heterocycles. The SMILES string of the molecule is CNC(=O)C(CCC(=O)NCC=O)CNC(=O)CCN=C1C=CC(C(=O)O)CC1. The van der Waals surface area contributed by atoms with Crippen molar-refractivity contribution >= 4 is 35.7 Å². The highest BCUT2D eigenvalue weighted by Gasteiger charge is 2.20. The Morgan fingerprint density at radius 1 is 1.24 bits per heavy atom. The van der Waals surface area contributed by atoms with E-state index in [1.807, 2.05) is 0 Å². The van der Waals surface area contributed by atoms with Gasteiger partial charge in [0.2, 0.25) is 17.7 Å². The summed E-state index contributed by atoms with van der Waals surface area (Å²) >= 11 is 0. The average molecular weight is 408 g/mol. The predicted octanol–water partition coefficient (Wildman–Crippen LogP) is -0.558. The number of nitrogens with one attached hydrogen (secondary N) is 3. The number of carbonyl (C=O) groups is 5. The fraction of sp³-hybridized carbons (Fsp3) is 0.579. The summed E-state index contributed by atoms with van der Waals surface area (Å²) in [5, 5.41) is 16.5. The van der Waals surface area contributed by atoms with Crippen LogP contribution >= 0.6 is 0 Å². The van der Waals surface area contributed by atoms with Gasteiger partial charge >= 0.3 is 5.97 Å².